The first-order valence-electron chi connectivity index (χ1n) is 6.68. The summed E-state index contributed by atoms with van der Waals surface area (Å²) in [7, 11) is 1.79. The zero-order valence-electron chi connectivity index (χ0n) is 12.3. The summed E-state index contributed by atoms with van der Waals surface area (Å²) in [5.74, 6) is 0.0232. The van der Waals surface area contributed by atoms with Crippen molar-refractivity contribution >= 4 is 0 Å². The van der Waals surface area contributed by atoms with E-state index in [1.807, 2.05) is 27.7 Å². The Balaban J connectivity index is 2.93. The Morgan fingerprint density at radius 1 is 1.21 bits per heavy atom. The molecule has 4 heteroatoms. The molecule has 0 saturated carbocycles. The van der Waals surface area contributed by atoms with Gasteiger partial charge < -0.3 is 15.2 Å². The Morgan fingerprint density at radius 3 is 2.26 bits per heavy atom. The molecule has 1 rings (SSSR count). The maximum Gasteiger partial charge on any atom is 0.165 e. The normalized spacial score (nSPS) is 14.8. The third-order valence-electron chi connectivity index (χ3n) is 3.05. The lowest BCUT2D eigenvalue weighted by Gasteiger charge is -2.26. The van der Waals surface area contributed by atoms with E-state index in [9.17, 15) is 9.50 Å². The van der Waals surface area contributed by atoms with Crippen LogP contribution >= 0.6 is 0 Å². The molecule has 0 aliphatic carbocycles. The molecule has 108 valence electrons. The highest BCUT2D eigenvalue weighted by molar-refractivity contribution is 5.31. The molecule has 0 fully saturated rings. The Kier molecular flexibility index (Phi) is 5.76. The van der Waals surface area contributed by atoms with E-state index in [2.05, 4.69) is 5.32 Å². The molecule has 2 atom stereocenters. The molecule has 19 heavy (non-hydrogen) atoms. The molecule has 0 heterocycles. The van der Waals surface area contributed by atoms with E-state index in [4.69, 9.17) is 4.74 Å². The fourth-order valence-electron chi connectivity index (χ4n) is 2.11. The van der Waals surface area contributed by atoms with Crippen molar-refractivity contribution < 1.29 is 14.2 Å². The van der Waals surface area contributed by atoms with Crippen LogP contribution in [-0.4, -0.2) is 24.3 Å². The van der Waals surface area contributed by atoms with Crippen LogP contribution in [0.15, 0.2) is 18.2 Å². The number of aliphatic hydroxyl groups is 1. The van der Waals surface area contributed by atoms with Gasteiger partial charge in [0.25, 0.3) is 0 Å². The molecule has 0 radical (unpaired) electrons. The summed E-state index contributed by atoms with van der Waals surface area (Å²) in [6.07, 6.45) is -0.821. The highest BCUT2D eigenvalue weighted by atomic mass is 19.1. The molecule has 0 saturated heterocycles. The van der Waals surface area contributed by atoms with Crippen LogP contribution in [0.1, 0.15) is 39.4 Å². The number of benzene rings is 1. The SMILES string of the molecule is CNC(C(C)C)C(O)c1ccc(OC(C)C)c(F)c1. The summed E-state index contributed by atoms with van der Waals surface area (Å²) in [6.45, 7) is 7.71. The summed E-state index contributed by atoms with van der Waals surface area (Å²) >= 11 is 0. The Labute approximate surface area is 114 Å². The molecule has 1 aromatic carbocycles. The minimum atomic E-state index is -0.743. The van der Waals surface area contributed by atoms with Crippen molar-refractivity contribution in [3.05, 3.63) is 29.6 Å². The fourth-order valence-corrected chi connectivity index (χ4v) is 2.11. The highest BCUT2D eigenvalue weighted by Crippen LogP contribution is 2.26. The summed E-state index contributed by atoms with van der Waals surface area (Å²) in [5, 5.41) is 13.3. The second kappa shape index (κ2) is 6.87. The molecule has 0 aliphatic heterocycles. The first-order valence-corrected chi connectivity index (χ1v) is 6.68. The van der Waals surface area contributed by atoms with Crippen molar-refractivity contribution in [2.45, 2.75) is 45.9 Å². The van der Waals surface area contributed by atoms with Gasteiger partial charge in [0.15, 0.2) is 11.6 Å². The predicted molar refractivity (Wildman–Crippen MR) is 74.8 cm³/mol. The molecule has 1 aromatic rings. The van der Waals surface area contributed by atoms with Crippen LogP contribution in [0.3, 0.4) is 0 Å². The predicted octanol–water partition coefficient (Wildman–Crippen LogP) is 2.89. The van der Waals surface area contributed by atoms with E-state index in [1.165, 1.54) is 6.07 Å². The first kappa shape index (κ1) is 15.9. The molecule has 0 amide bonds. The van der Waals surface area contributed by atoms with Crippen LogP contribution in [0.4, 0.5) is 4.39 Å². The number of aliphatic hydroxyl groups excluding tert-OH is 1. The quantitative estimate of drug-likeness (QED) is 0.834. The molecule has 0 aromatic heterocycles. The zero-order valence-corrected chi connectivity index (χ0v) is 12.3. The van der Waals surface area contributed by atoms with Crippen molar-refractivity contribution in [1.29, 1.82) is 0 Å². The second-order valence-corrected chi connectivity index (χ2v) is 5.36. The Bertz CT molecular complexity index is 407. The smallest absolute Gasteiger partial charge is 0.165 e. The molecule has 2 unspecified atom stereocenters. The van der Waals surface area contributed by atoms with Gasteiger partial charge in [-0.3, -0.25) is 0 Å². The van der Waals surface area contributed by atoms with Crippen LogP contribution in [0.5, 0.6) is 5.75 Å². The Hall–Kier alpha value is -1.13. The van der Waals surface area contributed by atoms with Gasteiger partial charge in [0.2, 0.25) is 0 Å². The maximum absolute atomic E-state index is 13.9. The molecule has 0 aliphatic rings. The largest absolute Gasteiger partial charge is 0.488 e. The maximum atomic E-state index is 13.9. The number of nitrogens with one attached hydrogen (secondary N) is 1. The Morgan fingerprint density at radius 2 is 1.84 bits per heavy atom. The van der Waals surface area contributed by atoms with Crippen LogP contribution in [0, 0.1) is 11.7 Å². The van der Waals surface area contributed by atoms with Gasteiger partial charge in [0.05, 0.1) is 12.2 Å². The van der Waals surface area contributed by atoms with E-state index >= 15 is 0 Å². The summed E-state index contributed by atoms with van der Waals surface area (Å²) in [6, 6.07) is 4.50. The zero-order chi connectivity index (χ0) is 14.6. The van der Waals surface area contributed by atoms with Crippen molar-refractivity contribution in [1.82, 2.24) is 5.32 Å². The van der Waals surface area contributed by atoms with E-state index in [1.54, 1.807) is 19.2 Å². The monoisotopic (exact) mass is 269 g/mol. The molecular weight excluding hydrogens is 245 g/mol. The first-order chi connectivity index (χ1) is 8.86. The number of rotatable bonds is 6. The minimum absolute atomic E-state index is 0.0778. The molecule has 2 N–H and O–H groups in total. The fraction of sp³-hybridized carbons (Fsp3) is 0.600. The van der Waals surface area contributed by atoms with Crippen molar-refractivity contribution in [2.24, 2.45) is 5.92 Å². The minimum Gasteiger partial charge on any atom is -0.488 e. The highest BCUT2D eigenvalue weighted by Gasteiger charge is 2.23. The van der Waals surface area contributed by atoms with Crippen LogP contribution in [-0.2, 0) is 0 Å². The third-order valence-corrected chi connectivity index (χ3v) is 3.05. The van der Waals surface area contributed by atoms with Crippen LogP contribution in [0.25, 0.3) is 0 Å². The van der Waals surface area contributed by atoms with Crippen molar-refractivity contribution in [2.75, 3.05) is 7.05 Å². The van der Waals surface area contributed by atoms with E-state index in [-0.39, 0.29) is 23.8 Å². The van der Waals surface area contributed by atoms with E-state index < -0.39 is 11.9 Å². The standard InChI is InChI=1S/C15H24FNO2/c1-9(2)14(17-5)15(18)11-6-7-13(12(16)8-11)19-10(3)4/h6-10,14-15,17-18H,1-5H3. The summed E-state index contributed by atoms with van der Waals surface area (Å²) in [4.78, 5) is 0. The van der Waals surface area contributed by atoms with Gasteiger partial charge in [0, 0.05) is 6.04 Å². The van der Waals surface area contributed by atoms with Gasteiger partial charge in [0.1, 0.15) is 0 Å². The van der Waals surface area contributed by atoms with E-state index in [0.29, 0.717) is 5.56 Å². The third kappa shape index (κ3) is 4.18. The van der Waals surface area contributed by atoms with Gasteiger partial charge in [-0.2, -0.15) is 0 Å². The van der Waals surface area contributed by atoms with Gasteiger partial charge in [-0.25, -0.2) is 4.39 Å². The average molecular weight is 269 g/mol. The number of likely N-dealkylation sites (N-methyl/N-ethyl adjacent to an activating group) is 1. The molecular formula is C15H24FNO2. The van der Waals surface area contributed by atoms with Gasteiger partial charge in [-0.05, 0) is 44.5 Å². The van der Waals surface area contributed by atoms with Crippen molar-refractivity contribution in [3.63, 3.8) is 0 Å². The average Bonchev–Trinajstić information content (AvgIpc) is 2.31. The van der Waals surface area contributed by atoms with E-state index in [0.717, 1.165) is 0 Å². The van der Waals surface area contributed by atoms with Crippen LogP contribution < -0.4 is 10.1 Å². The lowest BCUT2D eigenvalue weighted by Crippen LogP contribution is -2.36. The number of halogens is 1. The molecule has 0 bridgehead atoms. The molecule has 3 nitrogen and oxygen atoms in total. The molecule has 0 spiro atoms. The van der Waals surface area contributed by atoms with Gasteiger partial charge in [-0.15, -0.1) is 0 Å². The summed E-state index contributed by atoms with van der Waals surface area (Å²) < 4.78 is 19.2. The lowest BCUT2D eigenvalue weighted by molar-refractivity contribution is 0.109. The number of ether oxygens (including phenoxy) is 1. The van der Waals surface area contributed by atoms with Crippen LogP contribution in [0.2, 0.25) is 0 Å². The van der Waals surface area contributed by atoms with Gasteiger partial charge in [-0.1, -0.05) is 19.9 Å². The number of hydrogen-bond donors (Lipinski definition) is 2. The topological polar surface area (TPSA) is 41.5 Å². The van der Waals surface area contributed by atoms with Crippen molar-refractivity contribution in [3.8, 4) is 5.75 Å². The van der Waals surface area contributed by atoms with Gasteiger partial charge >= 0.3 is 0 Å². The summed E-state index contributed by atoms with van der Waals surface area (Å²) in [5.41, 5.74) is 0.557. The lowest BCUT2D eigenvalue weighted by atomic mass is 9.93. The second-order valence-electron chi connectivity index (χ2n) is 5.36. The number of hydrogen-bond acceptors (Lipinski definition) is 3.